The first-order chi connectivity index (χ1) is 11.3. The zero-order chi connectivity index (χ0) is 17.6. The minimum absolute atomic E-state index is 0.0385. The Balaban J connectivity index is 2.01. The maximum atomic E-state index is 14.3. The normalized spacial score (nSPS) is 20.1. The summed E-state index contributed by atoms with van der Waals surface area (Å²) in [6.07, 6.45) is -0.403. The molecule has 2 aliphatic heterocycles. The van der Waals surface area contributed by atoms with Crippen LogP contribution in [0.25, 0.3) is 0 Å². The Bertz CT molecular complexity index is 717. The molecule has 2 aliphatic rings. The number of esters is 1. The molecule has 1 aromatic rings. The third-order valence-corrected chi connectivity index (χ3v) is 3.98. The number of fused-ring (bicyclic) bond motifs is 1. The predicted molar refractivity (Wildman–Crippen MR) is 81.3 cm³/mol. The van der Waals surface area contributed by atoms with Crippen LogP contribution in [0, 0.1) is 5.82 Å². The first-order valence-corrected chi connectivity index (χ1v) is 7.61. The number of hydrogen-bond donors (Lipinski definition) is 0. The molecule has 1 aromatic carbocycles. The molecule has 24 heavy (non-hydrogen) atoms. The lowest BCUT2D eigenvalue weighted by Crippen LogP contribution is -2.34. The summed E-state index contributed by atoms with van der Waals surface area (Å²) in [6, 6.07) is 0.459. The highest BCUT2D eigenvalue weighted by Gasteiger charge is 2.49. The number of hydrogen-bond acceptors (Lipinski definition) is 5. The summed E-state index contributed by atoms with van der Waals surface area (Å²) in [5.41, 5.74) is -0.454. The monoisotopic (exact) mass is 356 g/mol. The van der Waals surface area contributed by atoms with E-state index in [-0.39, 0.29) is 29.6 Å². The number of carbonyl (C=O) groups is 3. The SMILES string of the molecule is CC(C)OC(=O)c1cc(N2C(=O)[C@@H]3COCN3C2=O)c(F)cc1Cl. The van der Waals surface area contributed by atoms with Crippen molar-refractivity contribution in [2.24, 2.45) is 0 Å². The van der Waals surface area contributed by atoms with Crippen LogP contribution in [-0.4, -0.2) is 48.3 Å². The molecule has 0 unspecified atom stereocenters. The lowest BCUT2D eigenvalue weighted by Gasteiger charge is -2.18. The molecule has 9 heteroatoms. The smallest absolute Gasteiger partial charge is 0.339 e. The molecule has 0 saturated carbocycles. The fraction of sp³-hybridized carbons (Fsp3) is 0.400. The lowest BCUT2D eigenvalue weighted by atomic mass is 10.1. The summed E-state index contributed by atoms with van der Waals surface area (Å²) in [7, 11) is 0. The molecule has 3 amide bonds. The van der Waals surface area contributed by atoms with Gasteiger partial charge in [-0.2, -0.15) is 0 Å². The van der Waals surface area contributed by atoms with Gasteiger partial charge in [0.05, 0.1) is 29.0 Å². The molecule has 0 bridgehead atoms. The van der Waals surface area contributed by atoms with Crippen molar-refractivity contribution in [1.82, 2.24) is 4.90 Å². The van der Waals surface area contributed by atoms with Gasteiger partial charge in [0.15, 0.2) is 0 Å². The largest absolute Gasteiger partial charge is 0.459 e. The Labute approximate surface area is 141 Å². The van der Waals surface area contributed by atoms with Crippen molar-refractivity contribution in [3.05, 3.63) is 28.5 Å². The van der Waals surface area contributed by atoms with Gasteiger partial charge in [-0.3, -0.25) is 9.69 Å². The van der Waals surface area contributed by atoms with Gasteiger partial charge < -0.3 is 9.47 Å². The predicted octanol–water partition coefficient (Wildman–Crippen LogP) is 2.17. The van der Waals surface area contributed by atoms with E-state index in [1.807, 2.05) is 0 Å². The van der Waals surface area contributed by atoms with Gasteiger partial charge >= 0.3 is 12.0 Å². The lowest BCUT2D eigenvalue weighted by molar-refractivity contribution is -0.119. The van der Waals surface area contributed by atoms with Crippen molar-refractivity contribution in [1.29, 1.82) is 0 Å². The second-order valence-electron chi connectivity index (χ2n) is 5.68. The molecule has 2 fully saturated rings. The molecule has 0 radical (unpaired) electrons. The van der Waals surface area contributed by atoms with Crippen molar-refractivity contribution in [3.63, 3.8) is 0 Å². The topological polar surface area (TPSA) is 76.2 Å². The first kappa shape index (κ1) is 16.7. The molecule has 2 heterocycles. The molecule has 128 valence electrons. The standard InChI is InChI=1S/C15H14ClFN2O5/c1-7(2)24-14(21)8-3-11(10(17)4-9(8)16)19-13(20)12-5-23-6-18(12)15(19)22/h3-4,7,12H,5-6H2,1-2H3/t12-/m0/s1. The average Bonchev–Trinajstić information content (AvgIpc) is 3.04. The van der Waals surface area contributed by atoms with Crippen LogP contribution in [0.4, 0.5) is 14.9 Å². The minimum atomic E-state index is -0.884. The van der Waals surface area contributed by atoms with E-state index in [1.54, 1.807) is 13.8 Å². The number of carbonyl (C=O) groups excluding carboxylic acids is 3. The van der Waals surface area contributed by atoms with Gasteiger partial charge in [0, 0.05) is 0 Å². The van der Waals surface area contributed by atoms with Gasteiger partial charge in [0.1, 0.15) is 18.6 Å². The number of imide groups is 1. The van der Waals surface area contributed by atoms with Crippen LogP contribution in [0.1, 0.15) is 24.2 Å². The van der Waals surface area contributed by atoms with Crippen molar-refractivity contribution in [3.8, 4) is 0 Å². The van der Waals surface area contributed by atoms with E-state index >= 15 is 0 Å². The second-order valence-corrected chi connectivity index (χ2v) is 6.09. The van der Waals surface area contributed by atoms with E-state index in [2.05, 4.69) is 0 Å². The number of amides is 3. The fourth-order valence-corrected chi connectivity index (χ4v) is 2.80. The van der Waals surface area contributed by atoms with Crippen LogP contribution in [0.5, 0.6) is 0 Å². The third-order valence-electron chi connectivity index (χ3n) is 3.66. The summed E-state index contributed by atoms with van der Waals surface area (Å²) in [5, 5.41) is -0.162. The minimum Gasteiger partial charge on any atom is -0.459 e. The molecular weight excluding hydrogens is 343 g/mol. The highest BCUT2D eigenvalue weighted by Crippen LogP contribution is 2.33. The Hall–Kier alpha value is -2.19. The summed E-state index contributed by atoms with van der Waals surface area (Å²) in [4.78, 5) is 38.7. The van der Waals surface area contributed by atoms with E-state index in [9.17, 15) is 18.8 Å². The Morgan fingerprint density at radius 1 is 1.42 bits per heavy atom. The molecule has 0 spiro atoms. The Morgan fingerprint density at radius 3 is 2.75 bits per heavy atom. The van der Waals surface area contributed by atoms with Gasteiger partial charge in [-0.25, -0.2) is 18.9 Å². The van der Waals surface area contributed by atoms with Crippen LogP contribution in [0.2, 0.25) is 5.02 Å². The molecular formula is C15H14ClFN2O5. The van der Waals surface area contributed by atoms with Crippen molar-refractivity contribution >= 4 is 35.2 Å². The van der Waals surface area contributed by atoms with Crippen molar-refractivity contribution in [2.45, 2.75) is 26.0 Å². The van der Waals surface area contributed by atoms with E-state index in [0.29, 0.717) is 4.90 Å². The van der Waals surface area contributed by atoms with Crippen molar-refractivity contribution in [2.75, 3.05) is 18.2 Å². The van der Waals surface area contributed by atoms with E-state index in [1.165, 1.54) is 4.90 Å². The van der Waals surface area contributed by atoms with Crippen LogP contribution < -0.4 is 4.90 Å². The van der Waals surface area contributed by atoms with E-state index in [0.717, 1.165) is 12.1 Å². The molecule has 0 aromatic heterocycles. The summed E-state index contributed by atoms with van der Waals surface area (Å²) < 4.78 is 24.4. The Morgan fingerprint density at radius 2 is 2.12 bits per heavy atom. The van der Waals surface area contributed by atoms with Crippen LogP contribution in [0.15, 0.2) is 12.1 Å². The van der Waals surface area contributed by atoms with Gasteiger partial charge in [-0.1, -0.05) is 11.6 Å². The van der Waals surface area contributed by atoms with Crippen LogP contribution >= 0.6 is 11.6 Å². The van der Waals surface area contributed by atoms with Gasteiger partial charge in [0.25, 0.3) is 5.91 Å². The zero-order valence-corrected chi connectivity index (χ0v) is 13.7. The highest BCUT2D eigenvalue weighted by molar-refractivity contribution is 6.34. The maximum Gasteiger partial charge on any atom is 0.339 e. The molecule has 0 aliphatic carbocycles. The zero-order valence-electron chi connectivity index (χ0n) is 12.9. The van der Waals surface area contributed by atoms with Gasteiger partial charge in [-0.15, -0.1) is 0 Å². The van der Waals surface area contributed by atoms with Crippen LogP contribution in [0.3, 0.4) is 0 Å². The number of nitrogens with zero attached hydrogens (tertiary/aromatic N) is 2. The maximum absolute atomic E-state index is 14.3. The number of urea groups is 1. The Kier molecular flexibility index (Phi) is 4.18. The highest BCUT2D eigenvalue weighted by atomic mass is 35.5. The van der Waals surface area contributed by atoms with Crippen LogP contribution in [-0.2, 0) is 14.3 Å². The van der Waals surface area contributed by atoms with E-state index < -0.39 is 35.9 Å². The summed E-state index contributed by atoms with van der Waals surface area (Å²) in [5.74, 6) is -2.26. The summed E-state index contributed by atoms with van der Waals surface area (Å²) in [6.45, 7) is 3.32. The second kappa shape index (κ2) is 6.03. The first-order valence-electron chi connectivity index (χ1n) is 7.23. The number of halogens is 2. The molecule has 2 saturated heterocycles. The van der Waals surface area contributed by atoms with Gasteiger partial charge in [-0.05, 0) is 26.0 Å². The molecule has 7 nitrogen and oxygen atoms in total. The third kappa shape index (κ3) is 2.61. The summed E-state index contributed by atoms with van der Waals surface area (Å²) >= 11 is 5.90. The molecule has 3 rings (SSSR count). The number of ether oxygens (including phenoxy) is 2. The van der Waals surface area contributed by atoms with E-state index in [4.69, 9.17) is 21.1 Å². The fourth-order valence-electron chi connectivity index (χ4n) is 2.57. The molecule has 1 atom stereocenters. The number of rotatable bonds is 3. The number of benzene rings is 1. The van der Waals surface area contributed by atoms with Gasteiger partial charge in [0.2, 0.25) is 0 Å². The molecule has 0 N–H and O–H groups in total. The average molecular weight is 357 g/mol. The number of anilines is 1. The van der Waals surface area contributed by atoms with Crippen molar-refractivity contribution < 1.29 is 28.2 Å². The quantitative estimate of drug-likeness (QED) is 0.613.